The van der Waals surface area contributed by atoms with Gasteiger partial charge in [-0.1, -0.05) is 32.0 Å². The second-order valence-corrected chi connectivity index (χ2v) is 5.81. The Kier molecular flexibility index (Phi) is 3.72. The van der Waals surface area contributed by atoms with Gasteiger partial charge >= 0.3 is 0 Å². The zero-order valence-corrected chi connectivity index (χ0v) is 11.0. The van der Waals surface area contributed by atoms with Crippen molar-refractivity contribution in [2.24, 2.45) is 17.1 Å². The Morgan fingerprint density at radius 2 is 2.00 bits per heavy atom. The van der Waals surface area contributed by atoms with Crippen LogP contribution in [0.4, 0.5) is 5.69 Å². The predicted molar refractivity (Wildman–Crippen MR) is 74.2 cm³/mol. The Balaban J connectivity index is 2.07. The van der Waals surface area contributed by atoms with E-state index in [1.54, 1.807) is 0 Å². The van der Waals surface area contributed by atoms with Crippen LogP contribution >= 0.6 is 0 Å². The first-order valence-corrected chi connectivity index (χ1v) is 6.63. The first-order valence-electron chi connectivity index (χ1n) is 6.63. The molecule has 2 rings (SSSR count). The fourth-order valence-electron chi connectivity index (χ4n) is 3.00. The van der Waals surface area contributed by atoms with E-state index in [4.69, 9.17) is 5.73 Å². The molecule has 0 amide bonds. The molecule has 1 aromatic rings. The van der Waals surface area contributed by atoms with Crippen LogP contribution in [0.2, 0.25) is 0 Å². The Bertz CT molecular complexity index is 345. The van der Waals surface area contributed by atoms with Gasteiger partial charge in [0.05, 0.1) is 0 Å². The van der Waals surface area contributed by atoms with E-state index in [9.17, 15) is 0 Å². The van der Waals surface area contributed by atoms with E-state index in [1.165, 1.54) is 12.1 Å². The third-order valence-electron chi connectivity index (χ3n) is 4.09. The van der Waals surface area contributed by atoms with Crippen LogP contribution in [0.3, 0.4) is 0 Å². The lowest BCUT2D eigenvalue weighted by atomic mass is 9.72. The molecule has 1 aliphatic heterocycles. The average Bonchev–Trinajstić information content (AvgIpc) is 2.33. The van der Waals surface area contributed by atoms with E-state index in [-0.39, 0.29) is 0 Å². The normalized spacial score (nSPS) is 23.7. The van der Waals surface area contributed by atoms with Crippen LogP contribution in [-0.4, -0.2) is 19.6 Å². The molecular weight excluding hydrogens is 208 g/mol. The van der Waals surface area contributed by atoms with Gasteiger partial charge in [-0.3, -0.25) is 0 Å². The molecule has 0 saturated carbocycles. The molecule has 0 bridgehead atoms. The van der Waals surface area contributed by atoms with E-state index in [0.29, 0.717) is 5.41 Å². The lowest BCUT2D eigenvalue weighted by molar-refractivity contribution is 0.167. The number of piperidine rings is 1. The standard InChI is InChI=1S/C15H24N2/c1-15(2)12-17(11-9-13(15)8-10-16)14-6-4-3-5-7-14/h3-7,13H,8-12,16H2,1-2H3. The van der Waals surface area contributed by atoms with Crippen molar-refractivity contribution in [2.75, 3.05) is 24.5 Å². The molecule has 0 aromatic heterocycles. The molecule has 1 aromatic carbocycles. The molecule has 1 saturated heterocycles. The maximum Gasteiger partial charge on any atom is 0.0366 e. The number of hydrogen-bond acceptors (Lipinski definition) is 2. The minimum Gasteiger partial charge on any atom is -0.371 e. The molecular formula is C15H24N2. The first kappa shape index (κ1) is 12.4. The van der Waals surface area contributed by atoms with Crippen LogP contribution < -0.4 is 10.6 Å². The van der Waals surface area contributed by atoms with Crippen molar-refractivity contribution in [3.05, 3.63) is 30.3 Å². The third-order valence-corrected chi connectivity index (χ3v) is 4.09. The molecule has 1 heterocycles. The van der Waals surface area contributed by atoms with Crippen LogP contribution in [0.1, 0.15) is 26.7 Å². The lowest BCUT2D eigenvalue weighted by Crippen LogP contribution is -2.46. The first-order chi connectivity index (χ1) is 8.13. The maximum atomic E-state index is 5.71. The number of para-hydroxylation sites is 1. The summed E-state index contributed by atoms with van der Waals surface area (Å²) in [6, 6.07) is 10.7. The molecule has 1 atom stereocenters. The highest BCUT2D eigenvalue weighted by atomic mass is 15.1. The van der Waals surface area contributed by atoms with Crippen molar-refractivity contribution in [2.45, 2.75) is 26.7 Å². The van der Waals surface area contributed by atoms with E-state index in [1.807, 2.05) is 0 Å². The Hall–Kier alpha value is -1.02. The monoisotopic (exact) mass is 232 g/mol. The van der Waals surface area contributed by atoms with Crippen LogP contribution in [0.5, 0.6) is 0 Å². The fourth-order valence-corrected chi connectivity index (χ4v) is 3.00. The molecule has 0 spiro atoms. The fraction of sp³-hybridized carbons (Fsp3) is 0.600. The van der Waals surface area contributed by atoms with Gasteiger partial charge in [-0.15, -0.1) is 0 Å². The van der Waals surface area contributed by atoms with Crippen molar-refractivity contribution in [1.29, 1.82) is 0 Å². The molecule has 0 radical (unpaired) electrons. The highest BCUT2D eigenvalue weighted by Gasteiger charge is 2.35. The summed E-state index contributed by atoms with van der Waals surface area (Å²) in [5.41, 5.74) is 7.43. The number of nitrogens with two attached hydrogens (primary N) is 1. The lowest BCUT2D eigenvalue weighted by Gasteiger charge is -2.45. The van der Waals surface area contributed by atoms with Crippen molar-refractivity contribution in [3.63, 3.8) is 0 Å². The molecule has 1 unspecified atom stereocenters. The largest absolute Gasteiger partial charge is 0.371 e. The van der Waals surface area contributed by atoms with Crippen LogP contribution in [0.15, 0.2) is 30.3 Å². The number of hydrogen-bond donors (Lipinski definition) is 1. The Labute approximate surface area is 105 Å². The summed E-state index contributed by atoms with van der Waals surface area (Å²) in [7, 11) is 0. The molecule has 17 heavy (non-hydrogen) atoms. The van der Waals surface area contributed by atoms with Crippen molar-refractivity contribution >= 4 is 5.69 Å². The van der Waals surface area contributed by atoms with Crippen LogP contribution in [0.25, 0.3) is 0 Å². The van der Waals surface area contributed by atoms with E-state index < -0.39 is 0 Å². The zero-order chi connectivity index (χ0) is 12.3. The average molecular weight is 232 g/mol. The highest BCUT2D eigenvalue weighted by Crippen LogP contribution is 2.38. The van der Waals surface area contributed by atoms with Gasteiger partial charge in [0.1, 0.15) is 0 Å². The SMILES string of the molecule is CC1(C)CN(c2ccccc2)CCC1CCN. The Morgan fingerprint density at radius 1 is 1.29 bits per heavy atom. The van der Waals surface area contributed by atoms with Gasteiger partial charge in [0.2, 0.25) is 0 Å². The van der Waals surface area contributed by atoms with Gasteiger partial charge in [0, 0.05) is 18.8 Å². The van der Waals surface area contributed by atoms with Gasteiger partial charge in [0.15, 0.2) is 0 Å². The summed E-state index contributed by atoms with van der Waals surface area (Å²) in [6.45, 7) is 7.88. The van der Waals surface area contributed by atoms with Gasteiger partial charge in [-0.2, -0.15) is 0 Å². The molecule has 0 aliphatic carbocycles. The molecule has 94 valence electrons. The van der Waals surface area contributed by atoms with Crippen LogP contribution in [0, 0.1) is 11.3 Å². The summed E-state index contributed by atoms with van der Waals surface area (Å²) in [6.07, 6.45) is 2.43. The van der Waals surface area contributed by atoms with Gasteiger partial charge in [-0.25, -0.2) is 0 Å². The molecule has 1 fully saturated rings. The summed E-state index contributed by atoms with van der Waals surface area (Å²) >= 11 is 0. The molecule has 2 nitrogen and oxygen atoms in total. The minimum absolute atomic E-state index is 0.369. The second kappa shape index (κ2) is 5.09. The van der Waals surface area contributed by atoms with Gasteiger partial charge in [-0.05, 0) is 42.9 Å². The second-order valence-electron chi connectivity index (χ2n) is 5.81. The Morgan fingerprint density at radius 3 is 2.59 bits per heavy atom. The van der Waals surface area contributed by atoms with Crippen molar-refractivity contribution < 1.29 is 0 Å². The summed E-state index contributed by atoms with van der Waals surface area (Å²) < 4.78 is 0. The summed E-state index contributed by atoms with van der Waals surface area (Å²) in [5, 5.41) is 0. The predicted octanol–water partition coefficient (Wildman–Crippen LogP) is 2.89. The van der Waals surface area contributed by atoms with E-state index in [0.717, 1.165) is 32.0 Å². The van der Waals surface area contributed by atoms with E-state index in [2.05, 4.69) is 49.1 Å². The molecule has 2 N–H and O–H groups in total. The highest BCUT2D eigenvalue weighted by molar-refractivity contribution is 5.46. The molecule has 2 heteroatoms. The zero-order valence-electron chi connectivity index (χ0n) is 11.0. The van der Waals surface area contributed by atoms with E-state index >= 15 is 0 Å². The van der Waals surface area contributed by atoms with Gasteiger partial charge in [0.25, 0.3) is 0 Å². The third kappa shape index (κ3) is 2.81. The number of anilines is 1. The van der Waals surface area contributed by atoms with Crippen molar-refractivity contribution in [1.82, 2.24) is 0 Å². The number of rotatable bonds is 3. The summed E-state index contributed by atoms with van der Waals surface area (Å²) in [5.74, 6) is 0.771. The maximum absolute atomic E-state index is 5.71. The van der Waals surface area contributed by atoms with Crippen molar-refractivity contribution in [3.8, 4) is 0 Å². The van der Waals surface area contributed by atoms with Gasteiger partial charge < -0.3 is 10.6 Å². The summed E-state index contributed by atoms with van der Waals surface area (Å²) in [4.78, 5) is 2.51. The topological polar surface area (TPSA) is 29.3 Å². The van der Waals surface area contributed by atoms with Crippen LogP contribution in [-0.2, 0) is 0 Å². The number of benzene rings is 1. The molecule has 1 aliphatic rings. The minimum atomic E-state index is 0.369. The number of nitrogens with zero attached hydrogens (tertiary/aromatic N) is 1. The quantitative estimate of drug-likeness (QED) is 0.868. The smallest absolute Gasteiger partial charge is 0.0366 e.